The molecule has 16 rings (SSSR count). The molecule has 0 aliphatic carbocycles. The molecule has 0 amide bonds. The molecule has 0 fully saturated rings. The summed E-state index contributed by atoms with van der Waals surface area (Å²) in [6.07, 6.45) is 0. The average Bonchev–Trinajstić information content (AvgIpc) is 1.40. The van der Waals surface area contributed by atoms with Crippen LogP contribution >= 0.6 is 0 Å². The molecule has 2 aliphatic heterocycles. The van der Waals surface area contributed by atoms with Gasteiger partial charge in [-0.25, -0.2) is 9.97 Å². The van der Waals surface area contributed by atoms with Crippen LogP contribution in [0.2, 0.25) is 0 Å². The predicted octanol–water partition coefficient (Wildman–Crippen LogP) is 31.7. The summed E-state index contributed by atoms with van der Waals surface area (Å²) in [6.45, 7) is 80.3. The number of nitrogens with zero attached hydrogens (tertiary/aromatic N) is 10. The van der Waals surface area contributed by atoms with Gasteiger partial charge in [0.15, 0.2) is 34.5 Å². The molecule has 0 atom stereocenters. The van der Waals surface area contributed by atoms with Gasteiger partial charge in [-0.15, -0.1) is 5.10 Å². The Balaban J connectivity index is 0.0000137. The first-order valence-electron chi connectivity index (χ1n) is 46.9. The third-order valence-corrected chi connectivity index (χ3v) is 25.5. The Labute approximate surface area is 806 Å². The minimum atomic E-state index is -0.263. The van der Waals surface area contributed by atoms with Gasteiger partial charge in [0.05, 0.1) is 28.8 Å². The number of hydrogen-bond donors (Lipinski definition) is 1. The maximum Gasteiger partial charge on any atom is 2.00 e. The van der Waals surface area contributed by atoms with Crippen molar-refractivity contribution < 1.29 is 47.9 Å². The van der Waals surface area contributed by atoms with Crippen molar-refractivity contribution in [2.24, 2.45) is 0 Å². The zero-order chi connectivity index (χ0) is 96.7. The van der Waals surface area contributed by atoms with Gasteiger partial charge >= 0.3 is 19.5 Å². The Kier molecular flexibility index (Phi) is 24.2. The molecule has 14 aromatic rings. The molecule has 6 heterocycles. The first-order valence-corrected chi connectivity index (χ1v) is 46.9. The van der Waals surface area contributed by atoms with E-state index in [4.69, 9.17) is 68.3 Å². The van der Waals surface area contributed by atoms with E-state index in [1.54, 1.807) is 0 Å². The maximum absolute atomic E-state index is 7.55. The molecule has 0 spiro atoms. The van der Waals surface area contributed by atoms with E-state index in [1.165, 1.54) is 0 Å². The monoisotopic (exact) mass is 1840 g/mol. The summed E-state index contributed by atoms with van der Waals surface area (Å²) >= 11 is 0. The number of H-pyrrole nitrogens is 1. The second kappa shape index (κ2) is 33.4. The van der Waals surface area contributed by atoms with Crippen molar-refractivity contribution in [3.8, 4) is 115 Å². The van der Waals surface area contributed by atoms with E-state index in [0.29, 0.717) is 135 Å². The second-order valence-electron chi connectivity index (χ2n) is 49.3. The van der Waals surface area contributed by atoms with Crippen molar-refractivity contribution in [1.82, 2.24) is 55.3 Å². The molecule has 17 nitrogen and oxygen atoms in total. The third-order valence-electron chi connectivity index (χ3n) is 25.5. The molecule has 1 N–H and O–H groups in total. The van der Waals surface area contributed by atoms with Crippen molar-refractivity contribution >= 4 is 55.2 Å². The second-order valence-corrected chi connectivity index (χ2v) is 49.3. The number of fused-ring (bicyclic) bond motifs is 21. The number of aromatic nitrogens is 11. The quantitative estimate of drug-likeness (QED) is 0.113. The van der Waals surface area contributed by atoms with Gasteiger partial charge in [-0.05, 0) is 275 Å². The van der Waals surface area contributed by atoms with Gasteiger partial charge in [0.2, 0.25) is 0 Å². The summed E-state index contributed by atoms with van der Waals surface area (Å²) in [5.41, 5.74) is 14.9. The fraction of sp³-hybridized carbons (Fsp3) is 0.414. The molecular formula is C116H135N11O6Zn. The molecule has 4 aromatic heterocycles. The smallest absolute Gasteiger partial charge is 0.453 e. The van der Waals surface area contributed by atoms with Gasteiger partial charge in [-0.3, -0.25) is 5.10 Å². The van der Waals surface area contributed by atoms with Crippen LogP contribution < -0.4 is 38.4 Å². The van der Waals surface area contributed by atoms with Crippen LogP contribution in [0.4, 0.5) is 0 Å². The average molecular weight is 1840 g/mol. The summed E-state index contributed by atoms with van der Waals surface area (Å²) in [5, 5.41) is 14.4. The molecule has 0 radical (unpaired) electrons. The topological polar surface area (TPSA) is 202 Å². The fourth-order valence-corrected chi connectivity index (χ4v) is 16.4. The van der Waals surface area contributed by atoms with Gasteiger partial charge in [0.1, 0.15) is 40.0 Å². The Morgan fingerprint density at radius 1 is 0.201 bits per heavy atom. The van der Waals surface area contributed by atoms with E-state index < -0.39 is 0 Å². The molecular weight excluding hydrogens is 1710 g/mol. The molecule has 692 valence electrons. The van der Waals surface area contributed by atoms with Crippen LogP contribution in [0.3, 0.4) is 0 Å². The number of rotatable bonds is 12. The molecule has 10 aromatic carbocycles. The molecule has 18 heteroatoms. The standard InChI is InChI=1S/C116H135N11O6.Zn/c1-105(2,3)63-37-64(106(4,5)6)44-75(43-63)128-91-57-83-85(59-93(91)130-77-47-67(109(13,14)15)39-68(48-77)110(16,17)18)101-120-99(83)118-97-81-55-89-90(126-127-125-89)56-82(81)98(117-97)119-100-84-58-92(129-76-45-65(107(7,8)9)38-66(46-76)108(10,11)12)94(131-78-49-69(111(19,20)21)40-70(50-78)112(22,23)24)60-86(84)102(121-100)123-104-88-62-96(133-80-53-73(115(31,32)33)42-74(54-80)116(34,35)36)95(61-87(88)103(122-101)124-104)132-79-51-71(113(25,26)27)41-72(52-79)114(28,29)30;/h37-62H,1-36H3,(H-2,117,118,119,120,121,122,123,124,125,126,127);/q-2;+2. The molecule has 0 saturated heterocycles. The Morgan fingerprint density at radius 2 is 0.373 bits per heavy atom. The van der Waals surface area contributed by atoms with Gasteiger partial charge in [-0.2, -0.15) is 0 Å². The van der Waals surface area contributed by atoms with Gasteiger partial charge in [0.25, 0.3) is 0 Å². The van der Waals surface area contributed by atoms with Crippen LogP contribution in [-0.4, -0.2) is 45.3 Å². The van der Waals surface area contributed by atoms with E-state index in [2.05, 4.69) is 374 Å². The Morgan fingerprint density at radius 3 is 0.560 bits per heavy atom. The van der Waals surface area contributed by atoms with Crippen LogP contribution in [0.15, 0.2) is 158 Å². The Bertz CT molecular complexity index is 6590. The fourth-order valence-electron chi connectivity index (χ4n) is 16.4. The van der Waals surface area contributed by atoms with Crippen molar-refractivity contribution in [3.63, 3.8) is 0 Å². The van der Waals surface area contributed by atoms with Gasteiger partial charge < -0.3 is 58.3 Å². The zero-order valence-corrected chi connectivity index (χ0v) is 89.1. The first-order chi connectivity index (χ1) is 61.3. The summed E-state index contributed by atoms with van der Waals surface area (Å²) < 4.78 is 45.1. The van der Waals surface area contributed by atoms with E-state index in [1.807, 2.05) is 48.5 Å². The number of benzene rings is 10. The van der Waals surface area contributed by atoms with Gasteiger partial charge in [-0.1, -0.05) is 291 Å². The predicted molar refractivity (Wildman–Crippen MR) is 545 cm³/mol. The summed E-state index contributed by atoms with van der Waals surface area (Å²) in [6, 6.07) is 55.2. The number of hydrogen-bond acceptors (Lipinski definition) is 14. The summed E-state index contributed by atoms with van der Waals surface area (Å²) in [4.78, 5) is 45.4. The molecule has 0 unspecified atom stereocenters. The van der Waals surface area contributed by atoms with Crippen molar-refractivity contribution in [2.45, 2.75) is 314 Å². The minimum absolute atomic E-state index is 0. The van der Waals surface area contributed by atoms with Crippen molar-refractivity contribution in [1.29, 1.82) is 0 Å². The van der Waals surface area contributed by atoms with E-state index >= 15 is 0 Å². The maximum atomic E-state index is 7.55. The van der Waals surface area contributed by atoms with E-state index in [9.17, 15) is 0 Å². The molecule has 0 saturated carbocycles. The molecule has 134 heavy (non-hydrogen) atoms. The Hall–Kier alpha value is -11.6. The SMILES string of the molecule is CC(C)(C)c1cc(Oc2cc3c(cc2Oc2cc(C(C)(C)C)cc(C(C)(C)C)c2)-c2nc-3nc3[n-]c(nc4nc(nc5[n-]c(n2)c2cc6nn[nH]c6cc52)-c2cc(Oc5cc(C(C)(C)C)cc(C(C)(C)C)c5)c(Oc5cc(C(C)(C)C)cc(C(C)(C)C)c5)cc2-4)c2cc(Oc4cc(C(C)(C)C)cc(C(C)(C)C)c4)c(Oc4cc(C(C)(C)C)cc(C(C)(C)C)c4)cc32)cc(C(C)(C)C)c1.[Zn+2]. The summed E-state index contributed by atoms with van der Waals surface area (Å²) in [5.74, 6) is 7.26. The van der Waals surface area contributed by atoms with E-state index in [-0.39, 0.29) is 119 Å². The van der Waals surface area contributed by atoms with Crippen LogP contribution in [0, 0.1) is 0 Å². The largest absolute Gasteiger partial charge is 2.00 e. The number of aromatic amines is 1. The summed E-state index contributed by atoms with van der Waals surface area (Å²) in [7, 11) is 0. The number of nitrogens with one attached hydrogen (secondary N) is 1. The van der Waals surface area contributed by atoms with Gasteiger partial charge in [0, 0.05) is 44.8 Å². The zero-order valence-electron chi connectivity index (χ0n) is 86.1. The molecule has 8 bridgehead atoms. The van der Waals surface area contributed by atoms with Crippen molar-refractivity contribution in [2.75, 3.05) is 0 Å². The van der Waals surface area contributed by atoms with Crippen LogP contribution in [0.25, 0.3) is 101 Å². The van der Waals surface area contributed by atoms with Crippen LogP contribution in [0.1, 0.15) is 316 Å². The molecule has 2 aliphatic rings. The third kappa shape index (κ3) is 20.3. The van der Waals surface area contributed by atoms with E-state index in [0.717, 1.165) is 66.8 Å². The minimum Gasteiger partial charge on any atom is -0.453 e. The normalized spacial score (nSPS) is 13.3. The number of ether oxygens (including phenoxy) is 6. The van der Waals surface area contributed by atoms with Crippen LogP contribution in [-0.2, 0) is 84.5 Å². The first kappa shape index (κ1) is 96.9. The van der Waals surface area contributed by atoms with Crippen molar-refractivity contribution in [3.05, 3.63) is 224 Å². The van der Waals surface area contributed by atoms with Crippen LogP contribution in [0.5, 0.6) is 69.0 Å².